The number of nitrogens with zero attached hydrogens (tertiary/aromatic N) is 3. The van der Waals surface area contributed by atoms with Gasteiger partial charge in [0.1, 0.15) is 11.8 Å². The van der Waals surface area contributed by atoms with Crippen LogP contribution in [0.2, 0.25) is 5.02 Å². The van der Waals surface area contributed by atoms with E-state index in [1.54, 1.807) is 11.3 Å². The Balaban J connectivity index is 1.64. The minimum atomic E-state index is -0.255. The normalized spacial score (nSPS) is 19.0. The first kappa shape index (κ1) is 20.4. The molecule has 0 aliphatic carbocycles. The third-order valence-corrected chi connectivity index (χ3v) is 7.80. The molecule has 0 radical (unpaired) electrons. The van der Waals surface area contributed by atoms with Crippen molar-refractivity contribution in [1.29, 1.82) is 0 Å². The van der Waals surface area contributed by atoms with Gasteiger partial charge in [0, 0.05) is 25.5 Å². The number of fused-ring (bicyclic) bond motifs is 3. The number of thioether (sulfide) groups is 1. The molecule has 0 fully saturated rings. The summed E-state index contributed by atoms with van der Waals surface area (Å²) in [7, 11) is 0. The molecule has 4 heterocycles. The zero-order valence-corrected chi connectivity index (χ0v) is 20.7. The summed E-state index contributed by atoms with van der Waals surface area (Å²) in [6, 6.07) is 18.1. The van der Waals surface area contributed by atoms with E-state index in [0.717, 1.165) is 42.7 Å². The summed E-state index contributed by atoms with van der Waals surface area (Å²) in [6.07, 6.45) is 1.73. The third kappa shape index (κ3) is 3.28. The molecule has 32 heavy (non-hydrogen) atoms. The van der Waals surface area contributed by atoms with Crippen molar-refractivity contribution in [2.45, 2.75) is 17.3 Å². The fourth-order valence-electron chi connectivity index (χ4n) is 4.21. The number of thiophene rings is 1. The van der Waals surface area contributed by atoms with Crippen LogP contribution in [0.1, 0.15) is 28.1 Å². The molecule has 0 spiro atoms. The second-order valence-electron chi connectivity index (χ2n) is 7.43. The largest absolute Gasteiger partial charge is 0.480 e. The van der Waals surface area contributed by atoms with Crippen LogP contribution in [0.5, 0.6) is 5.75 Å². The highest BCUT2D eigenvalue weighted by atomic mass is 79.9. The van der Waals surface area contributed by atoms with Crippen molar-refractivity contribution in [3.8, 4) is 5.75 Å². The van der Waals surface area contributed by atoms with E-state index in [1.165, 1.54) is 11.8 Å². The molecule has 4 aromatic rings. The Morgan fingerprint density at radius 1 is 1.19 bits per heavy atom. The van der Waals surface area contributed by atoms with Crippen LogP contribution in [0, 0.1) is 0 Å². The molecule has 0 saturated heterocycles. The van der Waals surface area contributed by atoms with Crippen LogP contribution in [0.15, 0.2) is 75.2 Å². The molecule has 9 heteroatoms. The summed E-state index contributed by atoms with van der Waals surface area (Å²) in [4.78, 5) is 5.86. The maximum atomic E-state index is 6.60. The molecule has 1 N–H and O–H groups in total. The molecule has 2 aliphatic heterocycles. The fraction of sp³-hybridized carbons (Fsp3) is 0.130. The molecular formula is C23H16BrClN4OS2. The van der Waals surface area contributed by atoms with Gasteiger partial charge in [-0.05, 0) is 53.6 Å². The predicted molar refractivity (Wildman–Crippen MR) is 134 cm³/mol. The molecule has 2 aromatic carbocycles. The summed E-state index contributed by atoms with van der Waals surface area (Å²) in [6.45, 7) is 0. The quantitative estimate of drug-likeness (QED) is 0.281. The van der Waals surface area contributed by atoms with Crippen LogP contribution >= 0.6 is 50.6 Å². The number of hydrogen-bond acceptors (Lipinski definition) is 6. The van der Waals surface area contributed by atoms with Crippen molar-refractivity contribution in [1.82, 2.24) is 14.8 Å². The van der Waals surface area contributed by atoms with Crippen LogP contribution in [0.25, 0.3) is 5.70 Å². The van der Waals surface area contributed by atoms with E-state index in [1.807, 2.05) is 29.1 Å². The van der Waals surface area contributed by atoms with Gasteiger partial charge in [-0.25, -0.2) is 4.68 Å². The average molecular weight is 544 g/mol. The van der Waals surface area contributed by atoms with Crippen molar-refractivity contribution in [3.63, 3.8) is 0 Å². The van der Waals surface area contributed by atoms with E-state index in [2.05, 4.69) is 63.0 Å². The zero-order valence-electron chi connectivity index (χ0n) is 16.8. The van der Waals surface area contributed by atoms with E-state index in [0.29, 0.717) is 11.0 Å². The number of ether oxygens (including phenoxy) is 1. The van der Waals surface area contributed by atoms with Gasteiger partial charge in [-0.3, -0.25) is 0 Å². The molecule has 160 valence electrons. The van der Waals surface area contributed by atoms with E-state index in [4.69, 9.17) is 26.4 Å². The zero-order chi connectivity index (χ0) is 21.8. The number of benzene rings is 2. The topological polar surface area (TPSA) is 52.0 Å². The molecule has 0 amide bonds. The van der Waals surface area contributed by atoms with E-state index >= 15 is 0 Å². The van der Waals surface area contributed by atoms with Gasteiger partial charge in [0.15, 0.2) is 6.10 Å². The van der Waals surface area contributed by atoms with Gasteiger partial charge >= 0.3 is 0 Å². The summed E-state index contributed by atoms with van der Waals surface area (Å²) in [5.74, 6) is 1.51. The van der Waals surface area contributed by atoms with Crippen LogP contribution in [0.3, 0.4) is 0 Å². The lowest BCUT2D eigenvalue weighted by Gasteiger charge is -2.38. The van der Waals surface area contributed by atoms with Gasteiger partial charge in [0.25, 0.3) is 0 Å². The van der Waals surface area contributed by atoms with Crippen molar-refractivity contribution in [2.24, 2.45) is 0 Å². The molecule has 2 aromatic heterocycles. The molecule has 0 saturated carbocycles. The van der Waals surface area contributed by atoms with Gasteiger partial charge in [-0.15, -0.1) is 16.4 Å². The van der Waals surface area contributed by atoms with Gasteiger partial charge < -0.3 is 10.1 Å². The Morgan fingerprint density at radius 2 is 2.03 bits per heavy atom. The minimum Gasteiger partial charge on any atom is -0.480 e. The predicted octanol–water partition coefficient (Wildman–Crippen LogP) is 7.04. The van der Waals surface area contributed by atoms with Gasteiger partial charge in [0.05, 0.1) is 5.70 Å². The van der Waals surface area contributed by atoms with Crippen LogP contribution in [0.4, 0.5) is 5.95 Å². The number of aromatic nitrogens is 3. The molecule has 0 bridgehead atoms. The summed E-state index contributed by atoms with van der Waals surface area (Å²) in [5.41, 5.74) is 4.11. The maximum Gasteiger partial charge on any atom is 0.227 e. The average Bonchev–Trinajstić information content (AvgIpc) is 3.48. The van der Waals surface area contributed by atoms with Gasteiger partial charge in [0.2, 0.25) is 11.1 Å². The van der Waals surface area contributed by atoms with Crippen LogP contribution in [-0.4, -0.2) is 21.0 Å². The van der Waals surface area contributed by atoms with E-state index < -0.39 is 0 Å². The second kappa shape index (κ2) is 7.95. The highest BCUT2D eigenvalue weighted by Gasteiger charge is 2.41. The summed E-state index contributed by atoms with van der Waals surface area (Å²) >= 11 is 13.2. The van der Waals surface area contributed by atoms with E-state index in [9.17, 15) is 0 Å². The number of hydrogen-bond donors (Lipinski definition) is 1. The highest BCUT2D eigenvalue weighted by molar-refractivity contribution is 9.10. The second-order valence-corrected chi connectivity index (χ2v) is 10.5. The third-order valence-electron chi connectivity index (χ3n) is 5.58. The first-order chi connectivity index (χ1) is 15.6. The lowest BCUT2D eigenvalue weighted by atomic mass is 9.86. The molecule has 0 unspecified atom stereocenters. The Labute approximate surface area is 206 Å². The Kier molecular flexibility index (Phi) is 5.06. The molecule has 5 nitrogen and oxygen atoms in total. The number of nitrogens with one attached hydrogen (secondary N) is 1. The standard InChI is InChI=1S/C23H16BrClN4OS2/c1-31-23-27-22-26-19-15-11-14(25)8-9-16(15)30-21(17-3-2-10-32-17)18(19)20(29(22)28-23)12-4-6-13(24)7-5-12/h2-11,20-21H,1H3,(H,26,27,28)/t20-,21+/m1/s1. The van der Waals surface area contributed by atoms with Crippen molar-refractivity contribution < 1.29 is 4.74 Å². The lowest BCUT2D eigenvalue weighted by Crippen LogP contribution is -2.32. The molecule has 2 aliphatic rings. The highest BCUT2D eigenvalue weighted by Crippen LogP contribution is 2.52. The van der Waals surface area contributed by atoms with Gasteiger partial charge in [-0.2, -0.15) is 4.98 Å². The lowest BCUT2D eigenvalue weighted by molar-refractivity contribution is 0.226. The first-order valence-electron chi connectivity index (χ1n) is 9.89. The fourth-order valence-corrected chi connectivity index (χ4v) is 5.77. The first-order valence-corrected chi connectivity index (χ1v) is 13.2. The van der Waals surface area contributed by atoms with Crippen LogP contribution < -0.4 is 10.1 Å². The molecule has 2 atom stereocenters. The maximum absolute atomic E-state index is 6.60. The van der Waals surface area contributed by atoms with Crippen LogP contribution in [-0.2, 0) is 0 Å². The summed E-state index contributed by atoms with van der Waals surface area (Å²) in [5, 5.41) is 11.8. The number of anilines is 1. The Bertz CT molecular complexity index is 1350. The molecular weight excluding hydrogens is 528 g/mol. The summed E-state index contributed by atoms with van der Waals surface area (Å²) < 4.78 is 9.60. The minimum absolute atomic E-state index is 0.179. The smallest absolute Gasteiger partial charge is 0.227 e. The monoisotopic (exact) mass is 542 g/mol. The SMILES string of the molecule is CSc1nc2n(n1)[C@H](c1ccc(Br)cc1)C1=C(N2)c2cc(Cl)ccc2O[C@H]1c1cccs1. The number of halogens is 2. The Morgan fingerprint density at radius 3 is 2.78 bits per heavy atom. The van der Waals surface area contributed by atoms with E-state index in [-0.39, 0.29) is 12.1 Å². The number of rotatable bonds is 3. The van der Waals surface area contributed by atoms with Crippen molar-refractivity contribution >= 4 is 62.3 Å². The van der Waals surface area contributed by atoms with Crippen molar-refractivity contribution in [2.75, 3.05) is 11.6 Å². The van der Waals surface area contributed by atoms with Crippen molar-refractivity contribution in [3.05, 3.63) is 91.0 Å². The Hall–Kier alpha value is -2.26. The van der Waals surface area contributed by atoms with Gasteiger partial charge in [-0.1, -0.05) is 57.5 Å². The molecule has 6 rings (SSSR count).